The molecule has 3 rings (SSSR count). The van der Waals surface area contributed by atoms with E-state index in [-0.39, 0.29) is 23.2 Å². The highest BCUT2D eigenvalue weighted by Crippen LogP contribution is 2.27. The largest absolute Gasteiger partial charge is 0.478 e. The Kier molecular flexibility index (Phi) is 4.85. The number of aryl methyl sites for hydroxylation is 2. The smallest absolute Gasteiger partial charge is 0.337 e. The molecule has 0 saturated carbocycles. The lowest BCUT2D eigenvalue weighted by Gasteiger charge is -2.34. The summed E-state index contributed by atoms with van der Waals surface area (Å²) in [5.41, 5.74) is 0.625. The summed E-state index contributed by atoms with van der Waals surface area (Å²) >= 11 is 0. The van der Waals surface area contributed by atoms with Crippen molar-refractivity contribution in [1.82, 2.24) is 9.88 Å². The Bertz CT molecular complexity index is 799. The van der Waals surface area contributed by atoms with Crippen molar-refractivity contribution in [2.24, 2.45) is 0 Å². The minimum atomic E-state index is -1.06. The molecule has 1 fully saturated rings. The summed E-state index contributed by atoms with van der Waals surface area (Å²) in [5.74, 6) is 0.218. The topological polar surface area (TPSA) is 92.9 Å². The summed E-state index contributed by atoms with van der Waals surface area (Å²) in [7, 11) is 0. The molecule has 132 valence electrons. The van der Waals surface area contributed by atoms with Crippen molar-refractivity contribution < 1.29 is 23.8 Å². The standard InChI is InChI=1S/C18H20N2O5/c1-3-12-4-7-16(25-12)15-10-24-9-8-20(15)17(21)14-6-5-13(18(22)23)11(2)19-14/h4-7,15H,3,8-10H2,1-2H3,(H,22,23). The van der Waals surface area contributed by atoms with Crippen LogP contribution in [0, 0.1) is 6.92 Å². The predicted octanol–water partition coefficient (Wildman–Crippen LogP) is 2.46. The summed E-state index contributed by atoms with van der Waals surface area (Å²) in [6, 6.07) is 6.31. The van der Waals surface area contributed by atoms with Crippen molar-refractivity contribution in [3.63, 3.8) is 0 Å². The molecule has 0 spiro atoms. The SMILES string of the molecule is CCc1ccc(C2COCCN2C(=O)c2ccc(C(=O)O)c(C)n2)o1. The molecule has 2 aromatic rings. The Morgan fingerprint density at radius 1 is 1.32 bits per heavy atom. The molecule has 1 unspecified atom stereocenters. The van der Waals surface area contributed by atoms with Crippen LogP contribution < -0.4 is 0 Å². The Hall–Kier alpha value is -2.67. The number of nitrogens with zero attached hydrogens (tertiary/aromatic N) is 2. The molecule has 3 heterocycles. The third-order valence-electron chi connectivity index (χ3n) is 4.28. The van der Waals surface area contributed by atoms with E-state index in [0.29, 0.717) is 31.2 Å². The second-order valence-corrected chi connectivity index (χ2v) is 5.88. The highest BCUT2D eigenvalue weighted by Gasteiger charge is 2.32. The lowest BCUT2D eigenvalue weighted by molar-refractivity contribution is -0.00932. The number of hydrogen-bond donors (Lipinski definition) is 1. The van der Waals surface area contributed by atoms with Gasteiger partial charge >= 0.3 is 5.97 Å². The molecule has 0 bridgehead atoms. The summed E-state index contributed by atoms with van der Waals surface area (Å²) in [4.78, 5) is 29.9. The highest BCUT2D eigenvalue weighted by atomic mass is 16.5. The van der Waals surface area contributed by atoms with Crippen LogP contribution in [0.25, 0.3) is 0 Å². The van der Waals surface area contributed by atoms with Gasteiger partial charge in [0, 0.05) is 13.0 Å². The average Bonchev–Trinajstić information content (AvgIpc) is 3.09. The van der Waals surface area contributed by atoms with E-state index in [2.05, 4.69) is 4.98 Å². The lowest BCUT2D eigenvalue weighted by atomic mass is 10.1. The van der Waals surface area contributed by atoms with Gasteiger partial charge in [-0.3, -0.25) is 4.79 Å². The van der Waals surface area contributed by atoms with E-state index in [1.807, 2.05) is 19.1 Å². The second kappa shape index (κ2) is 7.06. The number of aromatic nitrogens is 1. The number of pyridine rings is 1. The summed E-state index contributed by atoms with van der Waals surface area (Å²) in [6.07, 6.45) is 0.777. The van der Waals surface area contributed by atoms with Crippen molar-refractivity contribution in [2.45, 2.75) is 26.3 Å². The number of amides is 1. The van der Waals surface area contributed by atoms with E-state index >= 15 is 0 Å². The summed E-state index contributed by atoms with van der Waals surface area (Å²) in [6.45, 7) is 4.80. The van der Waals surface area contributed by atoms with Crippen LogP contribution in [0.15, 0.2) is 28.7 Å². The fraction of sp³-hybridized carbons (Fsp3) is 0.389. The Labute approximate surface area is 145 Å². The zero-order valence-electron chi connectivity index (χ0n) is 14.2. The van der Waals surface area contributed by atoms with Crippen LogP contribution >= 0.6 is 0 Å². The van der Waals surface area contributed by atoms with Crippen LogP contribution in [0.2, 0.25) is 0 Å². The van der Waals surface area contributed by atoms with Gasteiger partial charge in [0.25, 0.3) is 5.91 Å². The molecular formula is C18H20N2O5. The van der Waals surface area contributed by atoms with Gasteiger partial charge in [-0.1, -0.05) is 6.92 Å². The molecule has 7 heteroatoms. The summed E-state index contributed by atoms with van der Waals surface area (Å²) in [5, 5.41) is 9.10. The van der Waals surface area contributed by atoms with Crippen LogP contribution in [0.3, 0.4) is 0 Å². The zero-order valence-corrected chi connectivity index (χ0v) is 14.2. The Morgan fingerprint density at radius 2 is 2.12 bits per heavy atom. The van der Waals surface area contributed by atoms with E-state index < -0.39 is 5.97 Å². The normalized spacial score (nSPS) is 17.5. The van der Waals surface area contributed by atoms with Gasteiger partial charge in [0.15, 0.2) is 0 Å². The first-order valence-electron chi connectivity index (χ1n) is 8.19. The molecule has 0 radical (unpaired) electrons. The molecule has 1 saturated heterocycles. The molecule has 0 aliphatic carbocycles. The maximum absolute atomic E-state index is 12.9. The van der Waals surface area contributed by atoms with E-state index in [9.17, 15) is 9.59 Å². The quantitative estimate of drug-likeness (QED) is 0.916. The van der Waals surface area contributed by atoms with Crippen LogP contribution in [0.1, 0.15) is 51.0 Å². The van der Waals surface area contributed by atoms with Crippen LogP contribution in [-0.2, 0) is 11.2 Å². The number of carboxylic acids is 1. The molecule has 7 nitrogen and oxygen atoms in total. The maximum atomic E-state index is 12.9. The van der Waals surface area contributed by atoms with Gasteiger partial charge in [-0.25, -0.2) is 9.78 Å². The molecule has 1 amide bonds. The molecule has 0 aromatic carbocycles. The van der Waals surface area contributed by atoms with Crippen molar-refractivity contribution >= 4 is 11.9 Å². The average molecular weight is 344 g/mol. The molecule has 1 atom stereocenters. The van der Waals surface area contributed by atoms with Gasteiger partial charge in [0.05, 0.1) is 24.5 Å². The molecule has 1 aliphatic rings. The van der Waals surface area contributed by atoms with Crippen molar-refractivity contribution in [3.8, 4) is 0 Å². The van der Waals surface area contributed by atoms with Gasteiger partial charge in [0.2, 0.25) is 0 Å². The number of carbonyl (C=O) groups excluding carboxylic acids is 1. The van der Waals surface area contributed by atoms with Crippen molar-refractivity contribution in [1.29, 1.82) is 0 Å². The van der Waals surface area contributed by atoms with E-state index in [1.54, 1.807) is 11.8 Å². The minimum Gasteiger partial charge on any atom is -0.478 e. The number of aromatic carboxylic acids is 1. The molecule has 2 aromatic heterocycles. The molecular weight excluding hydrogens is 324 g/mol. The van der Waals surface area contributed by atoms with Crippen LogP contribution in [0.5, 0.6) is 0 Å². The Balaban J connectivity index is 1.88. The number of furan rings is 1. The number of carbonyl (C=O) groups is 2. The van der Waals surface area contributed by atoms with Gasteiger partial charge in [-0.15, -0.1) is 0 Å². The third kappa shape index (κ3) is 3.41. The molecule has 1 N–H and O–H groups in total. The highest BCUT2D eigenvalue weighted by molar-refractivity contribution is 5.94. The van der Waals surface area contributed by atoms with E-state index in [0.717, 1.165) is 12.2 Å². The predicted molar refractivity (Wildman–Crippen MR) is 88.6 cm³/mol. The Morgan fingerprint density at radius 3 is 2.76 bits per heavy atom. The molecule has 1 aliphatic heterocycles. The first kappa shape index (κ1) is 17.2. The van der Waals surface area contributed by atoms with Gasteiger partial charge in [-0.05, 0) is 31.2 Å². The van der Waals surface area contributed by atoms with Crippen molar-refractivity contribution in [3.05, 3.63) is 52.7 Å². The lowest BCUT2D eigenvalue weighted by Crippen LogP contribution is -2.43. The number of hydrogen-bond acceptors (Lipinski definition) is 5. The maximum Gasteiger partial charge on any atom is 0.337 e. The van der Waals surface area contributed by atoms with E-state index in [1.165, 1.54) is 12.1 Å². The zero-order chi connectivity index (χ0) is 18.0. The number of carboxylic acid groups (broad SMARTS) is 1. The number of morpholine rings is 1. The third-order valence-corrected chi connectivity index (χ3v) is 4.28. The monoisotopic (exact) mass is 344 g/mol. The fourth-order valence-electron chi connectivity index (χ4n) is 2.90. The van der Waals surface area contributed by atoms with Gasteiger partial charge in [0.1, 0.15) is 23.3 Å². The minimum absolute atomic E-state index is 0.0914. The number of rotatable bonds is 4. The van der Waals surface area contributed by atoms with Crippen LogP contribution in [-0.4, -0.2) is 46.6 Å². The van der Waals surface area contributed by atoms with Gasteiger partial charge < -0.3 is 19.2 Å². The summed E-state index contributed by atoms with van der Waals surface area (Å²) < 4.78 is 11.3. The number of ether oxygens (including phenoxy) is 1. The first-order valence-corrected chi connectivity index (χ1v) is 8.19. The molecule has 25 heavy (non-hydrogen) atoms. The fourth-order valence-corrected chi connectivity index (χ4v) is 2.90. The first-order chi connectivity index (χ1) is 12.0. The van der Waals surface area contributed by atoms with Crippen LogP contribution in [0.4, 0.5) is 0 Å². The van der Waals surface area contributed by atoms with Crippen molar-refractivity contribution in [2.75, 3.05) is 19.8 Å². The van der Waals surface area contributed by atoms with E-state index in [4.69, 9.17) is 14.3 Å². The second-order valence-electron chi connectivity index (χ2n) is 5.88. The van der Waals surface area contributed by atoms with Gasteiger partial charge in [-0.2, -0.15) is 0 Å².